The van der Waals surface area contributed by atoms with E-state index in [2.05, 4.69) is 4.57 Å². The van der Waals surface area contributed by atoms with Crippen LogP contribution in [0.25, 0.3) is 10.9 Å². The van der Waals surface area contributed by atoms with Gasteiger partial charge in [0.25, 0.3) is 0 Å². The molecule has 3 nitrogen and oxygen atoms in total. The van der Waals surface area contributed by atoms with Gasteiger partial charge in [0.2, 0.25) is 0 Å². The van der Waals surface area contributed by atoms with Crippen LogP contribution in [0.5, 0.6) is 0 Å². The highest BCUT2D eigenvalue weighted by Crippen LogP contribution is 2.24. The van der Waals surface area contributed by atoms with Crippen LogP contribution in [0.2, 0.25) is 5.02 Å². The number of para-hydroxylation sites is 1. The molecule has 0 amide bonds. The Morgan fingerprint density at radius 2 is 2.12 bits per heavy atom. The molecule has 0 bridgehead atoms. The van der Waals surface area contributed by atoms with Crippen LogP contribution < -0.4 is 0 Å². The fraction of sp³-hybridized carbons (Fsp3) is 0.308. The van der Waals surface area contributed by atoms with Crippen LogP contribution in [0.3, 0.4) is 0 Å². The summed E-state index contributed by atoms with van der Waals surface area (Å²) in [5, 5.41) is 10.4. The second-order valence-corrected chi connectivity index (χ2v) is 4.44. The molecule has 1 aromatic heterocycles. The number of aryl methyl sites for hydroxylation is 1. The van der Waals surface area contributed by atoms with Crippen LogP contribution in [-0.2, 0) is 11.3 Å². The zero-order chi connectivity index (χ0) is 12.3. The molecular formula is C13H14ClNO2. The second kappa shape index (κ2) is 5.23. The van der Waals surface area contributed by atoms with Gasteiger partial charge in [0.05, 0.1) is 10.5 Å². The first-order valence-corrected chi connectivity index (χ1v) is 6.01. The van der Waals surface area contributed by atoms with Gasteiger partial charge in [0.15, 0.2) is 0 Å². The van der Waals surface area contributed by atoms with E-state index in [1.54, 1.807) is 0 Å². The highest BCUT2D eigenvalue weighted by Gasteiger charge is 2.04. The van der Waals surface area contributed by atoms with Gasteiger partial charge in [-0.15, -0.1) is 0 Å². The fourth-order valence-electron chi connectivity index (χ4n) is 1.96. The number of unbranched alkanes of at least 4 members (excludes halogenated alkanes) is 1. The zero-order valence-electron chi connectivity index (χ0n) is 9.40. The maximum atomic E-state index is 10.4. The molecule has 0 saturated carbocycles. The molecule has 1 heterocycles. The summed E-state index contributed by atoms with van der Waals surface area (Å²) in [6.07, 6.45) is 3.77. The van der Waals surface area contributed by atoms with Gasteiger partial charge in [0, 0.05) is 24.5 Å². The van der Waals surface area contributed by atoms with Crippen LogP contribution in [-0.4, -0.2) is 15.6 Å². The second-order valence-electron chi connectivity index (χ2n) is 4.04. The smallest absolute Gasteiger partial charge is 0.303 e. The minimum Gasteiger partial charge on any atom is -0.481 e. The maximum absolute atomic E-state index is 10.4. The number of nitrogens with zero attached hydrogens (tertiary/aromatic N) is 1. The number of carboxylic acid groups (broad SMARTS) is 1. The van der Waals surface area contributed by atoms with Crippen molar-refractivity contribution in [3.8, 4) is 0 Å². The topological polar surface area (TPSA) is 42.2 Å². The van der Waals surface area contributed by atoms with Crippen molar-refractivity contribution in [3.63, 3.8) is 0 Å². The molecule has 0 aliphatic heterocycles. The molecule has 0 atom stereocenters. The van der Waals surface area contributed by atoms with Crippen molar-refractivity contribution < 1.29 is 9.90 Å². The number of fused-ring (bicyclic) bond motifs is 1. The monoisotopic (exact) mass is 251 g/mol. The van der Waals surface area contributed by atoms with Crippen LogP contribution >= 0.6 is 11.6 Å². The van der Waals surface area contributed by atoms with E-state index in [9.17, 15) is 4.79 Å². The van der Waals surface area contributed by atoms with Crippen LogP contribution in [0, 0.1) is 0 Å². The van der Waals surface area contributed by atoms with Crippen molar-refractivity contribution in [1.82, 2.24) is 4.57 Å². The first-order valence-electron chi connectivity index (χ1n) is 5.63. The Bertz CT molecular complexity index is 533. The standard InChI is InChI=1S/C13H14ClNO2/c14-11-5-3-4-10-7-9-15(13(10)11)8-2-1-6-12(16)17/h3-5,7,9H,1-2,6,8H2,(H,16,17). The van der Waals surface area contributed by atoms with E-state index in [4.69, 9.17) is 16.7 Å². The van der Waals surface area contributed by atoms with Gasteiger partial charge in [0.1, 0.15) is 0 Å². The van der Waals surface area contributed by atoms with Gasteiger partial charge in [-0.2, -0.15) is 0 Å². The van der Waals surface area contributed by atoms with E-state index < -0.39 is 5.97 Å². The van der Waals surface area contributed by atoms with Gasteiger partial charge in [-0.25, -0.2) is 0 Å². The molecule has 0 saturated heterocycles. The SMILES string of the molecule is O=C(O)CCCCn1ccc2cccc(Cl)c21. The van der Waals surface area contributed by atoms with Crippen molar-refractivity contribution in [2.45, 2.75) is 25.8 Å². The summed E-state index contributed by atoms with van der Waals surface area (Å²) in [4.78, 5) is 10.4. The quantitative estimate of drug-likeness (QED) is 0.826. The number of aromatic nitrogens is 1. The lowest BCUT2D eigenvalue weighted by Crippen LogP contribution is -1.99. The summed E-state index contributed by atoms with van der Waals surface area (Å²) < 4.78 is 2.08. The lowest BCUT2D eigenvalue weighted by Gasteiger charge is -2.05. The Morgan fingerprint density at radius 3 is 2.88 bits per heavy atom. The average Bonchev–Trinajstić information content (AvgIpc) is 2.69. The van der Waals surface area contributed by atoms with Gasteiger partial charge in [-0.3, -0.25) is 4.79 Å². The number of rotatable bonds is 5. The van der Waals surface area contributed by atoms with E-state index in [0.29, 0.717) is 6.42 Å². The van der Waals surface area contributed by atoms with Gasteiger partial charge in [-0.05, 0) is 25.0 Å². The molecule has 4 heteroatoms. The van der Waals surface area contributed by atoms with Gasteiger partial charge < -0.3 is 9.67 Å². The largest absolute Gasteiger partial charge is 0.481 e. The van der Waals surface area contributed by atoms with Crippen molar-refractivity contribution in [1.29, 1.82) is 0 Å². The van der Waals surface area contributed by atoms with Crippen LogP contribution in [0.4, 0.5) is 0 Å². The van der Waals surface area contributed by atoms with Crippen molar-refractivity contribution in [2.75, 3.05) is 0 Å². The number of carboxylic acids is 1. The van der Waals surface area contributed by atoms with E-state index in [1.165, 1.54) is 0 Å². The molecule has 0 aliphatic rings. The van der Waals surface area contributed by atoms with Gasteiger partial charge >= 0.3 is 5.97 Å². The number of aliphatic carboxylic acids is 1. The van der Waals surface area contributed by atoms with E-state index in [0.717, 1.165) is 28.9 Å². The molecule has 0 radical (unpaired) electrons. The summed E-state index contributed by atoms with van der Waals surface area (Å²) in [6.45, 7) is 0.806. The average molecular weight is 252 g/mol. The third kappa shape index (κ3) is 2.80. The highest BCUT2D eigenvalue weighted by molar-refractivity contribution is 6.35. The molecule has 1 aromatic carbocycles. The molecule has 0 spiro atoms. The van der Waals surface area contributed by atoms with E-state index in [1.807, 2.05) is 30.5 Å². The Kier molecular flexibility index (Phi) is 3.69. The predicted molar refractivity (Wildman–Crippen MR) is 68.4 cm³/mol. The molecule has 2 aromatic rings. The number of carbonyl (C=O) groups is 1. The number of halogens is 1. The van der Waals surface area contributed by atoms with E-state index in [-0.39, 0.29) is 6.42 Å². The summed E-state index contributed by atoms with van der Waals surface area (Å²) in [6, 6.07) is 7.85. The maximum Gasteiger partial charge on any atom is 0.303 e. The highest BCUT2D eigenvalue weighted by atomic mass is 35.5. The van der Waals surface area contributed by atoms with Crippen LogP contribution in [0.15, 0.2) is 30.5 Å². The van der Waals surface area contributed by atoms with Crippen LogP contribution in [0.1, 0.15) is 19.3 Å². The number of hydrogen-bond donors (Lipinski definition) is 1. The third-order valence-electron chi connectivity index (χ3n) is 2.78. The normalized spacial score (nSPS) is 10.9. The molecule has 0 aliphatic carbocycles. The molecule has 0 unspecified atom stereocenters. The zero-order valence-corrected chi connectivity index (χ0v) is 10.2. The minimum atomic E-state index is -0.736. The van der Waals surface area contributed by atoms with Crippen molar-refractivity contribution in [3.05, 3.63) is 35.5 Å². The Hall–Kier alpha value is -1.48. The molecule has 1 N–H and O–H groups in total. The minimum absolute atomic E-state index is 0.229. The molecule has 2 rings (SSSR count). The van der Waals surface area contributed by atoms with Crippen molar-refractivity contribution >= 4 is 28.5 Å². The van der Waals surface area contributed by atoms with E-state index >= 15 is 0 Å². The first-order chi connectivity index (χ1) is 8.18. The summed E-state index contributed by atoms with van der Waals surface area (Å²) in [5.41, 5.74) is 1.03. The molecule has 0 fully saturated rings. The predicted octanol–water partition coefficient (Wildman–Crippen LogP) is 3.55. The summed E-state index contributed by atoms with van der Waals surface area (Å²) in [5.74, 6) is -0.736. The Balaban J connectivity index is 2.06. The molecular weight excluding hydrogens is 238 g/mol. The Morgan fingerprint density at radius 1 is 1.29 bits per heavy atom. The number of benzene rings is 1. The fourth-order valence-corrected chi connectivity index (χ4v) is 2.25. The first kappa shape index (κ1) is 12.0. The summed E-state index contributed by atoms with van der Waals surface area (Å²) >= 11 is 6.15. The van der Waals surface area contributed by atoms with Crippen molar-refractivity contribution in [2.24, 2.45) is 0 Å². The lowest BCUT2D eigenvalue weighted by atomic mass is 10.2. The number of hydrogen-bond acceptors (Lipinski definition) is 1. The third-order valence-corrected chi connectivity index (χ3v) is 3.08. The Labute approximate surface area is 105 Å². The summed E-state index contributed by atoms with van der Waals surface area (Å²) in [7, 11) is 0. The molecule has 90 valence electrons. The molecule has 17 heavy (non-hydrogen) atoms. The van der Waals surface area contributed by atoms with Gasteiger partial charge in [-0.1, -0.05) is 23.7 Å². The lowest BCUT2D eigenvalue weighted by molar-refractivity contribution is -0.137.